The summed E-state index contributed by atoms with van der Waals surface area (Å²) in [5.74, 6) is 0.867. The van der Waals surface area contributed by atoms with Gasteiger partial charge in [-0.3, -0.25) is 4.79 Å². The molecular formula is C10H18O. The zero-order valence-electron chi connectivity index (χ0n) is 7.81. The van der Waals surface area contributed by atoms with Crippen molar-refractivity contribution in [1.82, 2.24) is 0 Å². The molecule has 1 atom stereocenters. The minimum atomic E-state index is 0.281. The minimum Gasteiger partial charge on any atom is -0.299 e. The van der Waals surface area contributed by atoms with Crippen molar-refractivity contribution < 1.29 is 4.79 Å². The Morgan fingerprint density at radius 1 is 1.55 bits per heavy atom. The Balaban J connectivity index is 2.55. The van der Waals surface area contributed by atoms with Crippen LogP contribution in [0.15, 0.2) is 0 Å². The smallest absolute Gasteiger partial charge is 0.136 e. The molecule has 0 bridgehead atoms. The highest BCUT2D eigenvalue weighted by Crippen LogP contribution is 2.36. The first-order valence-electron chi connectivity index (χ1n) is 4.58. The molecule has 1 unspecified atom stereocenters. The molecule has 1 nitrogen and oxygen atoms in total. The Morgan fingerprint density at radius 3 is 2.64 bits per heavy atom. The molecule has 1 saturated carbocycles. The summed E-state index contributed by atoms with van der Waals surface area (Å²) in [6, 6.07) is 0. The van der Waals surface area contributed by atoms with E-state index in [1.54, 1.807) is 0 Å². The number of Topliss-reactive ketones (excluding diaryl/α,β-unsaturated/α-hetero) is 1. The van der Waals surface area contributed by atoms with Crippen molar-refractivity contribution in [3.63, 3.8) is 0 Å². The van der Waals surface area contributed by atoms with E-state index in [1.165, 1.54) is 6.42 Å². The second-order valence-electron chi connectivity index (χ2n) is 4.45. The third-order valence-corrected chi connectivity index (χ3v) is 2.77. The van der Waals surface area contributed by atoms with Gasteiger partial charge < -0.3 is 0 Å². The van der Waals surface area contributed by atoms with E-state index < -0.39 is 0 Å². The molecule has 1 heteroatoms. The fourth-order valence-corrected chi connectivity index (χ4v) is 1.86. The fourth-order valence-electron chi connectivity index (χ4n) is 1.86. The first-order chi connectivity index (χ1) is 5.05. The average molecular weight is 154 g/mol. The Kier molecular flexibility index (Phi) is 2.36. The van der Waals surface area contributed by atoms with Crippen LogP contribution in [-0.4, -0.2) is 5.78 Å². The third kappa shape index (κ3) is 2.05. The Bertz CT molecular complexity index is 158. The lowest BCUT2D eigenvalue weighted by Crippen LogP contribution is -2.29. The van der Waals surface area contributed by atoms with E-state index in [1.807, 2.05) is 0 Å². The monoisotopic (exact) mass is 154 g/mol. The number of hydrogen-bond donors (Lipinski definition) is 0. The van der Waals surface area contributed by atoms with Crippen LogP contribution in [0, 0.1) is 11.3 Å². The van der Waals surface area contributed by atoms with Crippen molar-refractivity contribution in [2.45, 2.75) is 46.5 Å². The van der Waals surface area contributed by atoms with Gasteiger partial charge in [-0.25, -0.2) is 0 Å². The van der Waals surface area contributed by atoms with Gasteiger partial charge >= 0.3 is 0 Å². The minimum absolute atomic E-state index is 0.281. The third-order valence-electron chi connectivity index (χ3n) is 2.77. The number of hydrogen-bond acceptors (Lipinski definition) is 1. The van der Waals surface area contributed by atoms with Crippen LogP contribution in [0.1, 0.15) is 46.5 Å². The lowest BCUT2D eigenvalue weighted by molar-refractivity contribution is -0.127. The van der Waals surface area contributed by atoms with Crippen LogP contribution in [0.5, 0.6) is 0 Å². The molecule has 1 aliphatic carbocycles. The normalized spacial score (nSPS) is 30.5. The second kappa shape index (κ2) is 2.96. The maximum Gasteiger partial charge on any atom is 0.136 e. The van der Waals surface area contributed by atoms with Gasteiger partial charge in [-0.2, -0.15) is 0 Å². The largest absolute Gasteiger partial charge is 0.299 e. The summed E-state index contributed by atoms with van der Waals surface area (Å²) < 4.78 is 0. The molecule has 0 radical (unpaired) electrons. The summed E-state index contributed by atoms with van der Waals surface area (Å²) in [5.41, 5.74) is 0.281. The van der Waals surface area contributed by atoms with Crippen molar-refractivity contribution in [2.75, 3.05) is 0 Å². The molecule has 1 aliphatic rings. The van der Waals surface area contributed by atoms with Gasteiger partial charge in [0.15, 0.2) is 0 Å². The van der Waals surface area contributed by atoms with E-state index in [4.69, 9.17) is 0 Å². The zero-order valence-corrected chi connectivity index (χ0v) is 7.81. The molecule has 0 aromatic heterocycles. The Hall–Kier alpha value is -0.330. The highest BCUT2D eigenvalue weighted by atomic mass is 16.1. The molecule has 0 aromatic carbocycles. The fraction of sp³-hybridized carbons (Fsp3) is 0.900. The predicted octanol–water partition coefficient (Wildman–Crippen LogP) is 2.79. The van der Waals surface area contributed by atoms with Crippen LogP contribution in [0.2, 0.25) is 0 Å². The summed E-state index contributed by atoms with van der Waals surface area (Å²) >= 11 is 0. The van der Waals surface area contributed by atoms with Crippen LogP contribution >= 0.6 is 0 Å². The molecule has 0 amide bonds. The number of rotatable bonds is 1. The first kappa shape index (κ1) is 8.76. The quantitative estimate of drug-likeness (QED) is 0.567. The molecule has 0 spiro atoms. The average Bonchev–Trinajstić information content (AvgIpc) is 1.86. The molecule has 0 saturated heterocycles. The molecule has 11 heavy (non-hydrogen) atoms. The summed E-state index contributed by atoms with van der Waals surface area (Å²) in [6.07, 6.45) is 4.17. The molecule has 0 heterocycles. The van der Waals surface area contributed by atoms with Crippen LogP contribution in [0.3, 0.4) is 0 Å². The molecule has 1 rings (SSSR count). The van der Waals surface area contributed by atoms with Gasteiger partial charge in [0, 0.05) is 12.3 Å². The number of carbonyl (C=O) groups is 1. The van der Waals surface area contributed by atoms with Crippen LogP contribution in [0.25, 0.3) is 0 Å². The SMILES string of the molecule is CCC1CCC(C)(C)CC1=O. The van der Waals surface area contributed by atoms with Gasteiger partial charge in [0.05, 0.1) is 0 Å². The van der Waals surface area contributed by atoms with Crippen molar-refractivity contribution in [2.24, 2.45) is 11.3 Å². The van der Waals surface area contributed by atoms with Crippen molar-refractivity contribution in [3.05, 3.63) is 0 Å². The van der Waals surface area contributed by atoms with Gasteiger partial charge in [0.1, 0.15) is 5.78 Å². The van der Waals surface area contributed by atoms with Gasteiger partial charge in [0.25, 0.3) is 0 Å². The molecule has 64 valence electrons. The summed E-state index contributed by atoms with van der Waals surface area (Å²) in [4.78, 5) is 11.4. The van der Waals surface area contributed by atoms with E-state index in [0.29, 0.717) is 11.7 Å². The van der Waals surface area contributed by atoms with E-state index in [0.717, 1.165) is 19.3 Å². The highest BCUT2D eigenvalue weighted by molar-refractivity contribution is 5.82. The summed E-state index contributed by atoms with van der Waals surface area (Å²) in [7, 11) is 0. The van der Waals surface area contributed by atoms with Crippen molar-refractivity contribution in [1.29, 1.82) is 0 Å². The lowest BCUT2D eigenvalue weighted by atomic mass is 9.72. The van der Waals surface area contributed by atoms with Crippen molar-refractivity contribution in [3.8, 4) is 0 Å². The molecule has 1 fully saturated rings. The maximum absolute atomic E-state index is 11.4. The number of carbonyl (C=O) groups excluding carboxylic acids is 1. The van der Waals surface area contributed by atoms with Crippen LogP contribution < -0.4 is 0 Å². The van der Waals surface area contributed by atoms with E-state index >= 15 is 0 Å². The zero-order chi connectivity index (χ0) is 8.48. The van der Waals surface area contributed by atoms with E-state index in [9.17, 15) is 4.79 Å². The molecule has 0 aliphatic heterocycles. The lowest BCUT2D eigenvalue weighted by Gasteiger charge is -2.32. The van der Waals surface area contributed by atoms with Crippen LogP contribution in [-0.2, 0) is 4.79 Å². The maximum atomic E-state index is 11.4. The van der Waals surface area contributed by atoms with Gasteiger partial charge in [-0.05, 0) is 24.7 Å². The Labute approximate surface area is 69.2 Å². The van der Waals surface area contributed by atoms with Gasteiger partial charge in [0.2, 0.25) is 0 Å². The first-order valence-corrected chi connectivity index (χ1v) is 4.58. The second-order valence-corrected chi connectivity index (χ2v) is 4.45. The molecule has 0 N–H and O–H groups in total. The van der Waals surface area contributed by atoms with Crippen molar-refractivity contribution >= 4 is 5.78 Å². The van der Waals surface area contributed by atoms with Gasteiger partial charge in [-0.15, -0.1) is 0 Å². The predicted molar refractivity (Wildman–Crippen MR) is 46.4 cm³/mol. The van der Waals surface area contributed by atoms with E-state index in [2.05, 4.69) is 20.8 Å². The Morgan fingerprint density at radius 2 is 2.18 bits per heavy atom. The molecule has 0 aromatic rings. The van der Waals surface area contributed by atoms with E-state index in [-0.39, 0.29) is 5.41 Å². The summed E-state index contributed by atoms with van der Waals surface area (Å²) in [5, 5.41) is 0. The highest BCUT2D eigenvalue weighted by Gasteiger charge is 2.31. The summed E-state index contributed by atoms with van der Waals surface area (Å²) in [6.45, 7) is 6.49. The number of ketones is 1. The standard InChI is InChI=1S/C10H18O/c1-4-8-5-6-10(2,3)7-9(8)11/h8H,4-7H2,1-3H3. The topological polar surface area (TPSA) is 17.1 Å². The van der Waals surface area contributed by atoms with Crippen LogP contribution in [0.4, 0.5) is 0 Å². The van der Waals surface area contributed by atoms with Gasteiger partial charge in [-0.1, -0.05) is 20.8 Å². The molecular weight excluding hydrogens is 136 g/mol.